The summed E-state index contributed by atoms with van der Waals surface area (Å²) in [6, 6.07) is 2.21. The van der Waals surface area contributed by atoms with Gasteiger partial charge in [-0.15, -0.1) is 11.3 Å². The summed E-state index contributed by atoms with van der Waals surface area (Å²) in [5, 5.41) is 16.6. The Morgan fingerprint density at radius 3 is 2.89 bits per heavy atom. The highest BCUT2D eigenvalue weighted by molar-refractivity contribution is 7.16. The van der Waals surface area contributed by atoms with Gasteiger partial charge in [-0.1, -0.05) is 25.9 Å². The van der Waals surface area contributed by atoms with Gasteiger partial charge in [-0.05, 0) is 37.7 Å². The molecule has 0 saturated heterocycles. The van der Waals surface area contributed by atoms with Gasteiger partial charge in [-0.2, -0.15) is 5.26 Å². The Balaban J connectivity index is 1.67. The van der Waals surface area contributed by atoms with Crippen LogP contribution in [0.3, 0.4) is 0 Å². The molecule has 0 bridgehead atoms. The maximum Gasteiger partial charge on any atom is 0.344 e. The van der Waals surface area contributed by atoms with Gasteiger partial charge in [0.1, 0.15) is 16.6 Å². The lowest BCUT2D eigenvalue weighted by Gasteiger charge is -2.17. The Kier molecular flexibility index (Phi) is 5.84. The van der Waals surface area contributed by atoms with Crippen LogP contribution in [0.2, 0.25) is 0 Å². The van der Waals surface area contributed by atoms with Crippen molar-refractivity contribution in [1.82, 2.24) is 5.16 Å². The van der Waals surface area contributed by atoms with E-state index in [1.165, 1.54) is 11.3 Å². The van der Waals surface area contributed by atoms with Crippen molar-refractivity contribution in [1.29, 1.82) is 5.26 Å². The highest BCUT2D eigenvalue weighted by atomic mass is 32.1. The molecule has 28 heavy (non-hydrogen) atoms. The zero-order valence-electron chi connectivity index (χ0n) is 16.4. The first-order valence-electron chi connectivity index (χ1n) is 9.29. The van der Waals surface area contributed by atoms with E-state index in [-0.39, 0.29) is 11.5 Å². The number of esters is 1. The summed E-state index contributed by atoms with van der Waals surface area (Å²) in [5.41, 5.74) is 2.27. The SMILES string of the molecule is Cc1noc(C(C)C)c1C(=O)OCC(=O)Nc1sc2c(c1C#N)CC[C@@H](C)C2. The molecule has 0 spiro atoms. The fourth-order valence-corrected chi connectivity index (χ4v) is 4.73. The third kappa shape index (κ3) is 3.94. The number of fused-ring (bicyclic) bond motifs is 1. The summed E-state index contributed by atoms with van der Waals surface area (Å²) in [4.78, 5) is 25.8. The molecule has 0 saturated carbocycles. The number of hydrogen-bond acceptors (Lipinski definition) is 7. The molecule has 7 nitrogen and oxygen atoms in total. The van der Waals surface area contributed by atoms with Crippen LogP contribution in [0.1, 0.15) is 70.9 Å². The van der Waals surface area contributed by atoms with Gasteiger partial charge in [0.25, 0.3) is 5.91 Å². The van der Waals surface area contributed by atoms with Crippen molar-refractivity contribution in [2.24, 2.45) is 5.92 Å². The lowest BCUT2D eigenvalue weighted by Crippen LogP contribution is -2.21. The Morgan fingerprint density at radius 1 is 1.46 bits per heavy atom. The fourth-order valence-electron chi connectivity index (χ4n) is 3.35. The molecule has 1 aliphatic carbocycles. The number of thiophene rings is 1. The lowest BCUT2D eigenvalue weighted by molar-refractivity contribution is -0.119. The minimum Gasteiger partial charge on any atom is -0.452 e. The summed E-state index contributed by atoms with van der Waals surface area (Å²) >= 11 is 1.44. The number of hydrogen-bond donors (Lipinski definition) is 1. The van der Waals surface area contributed by atoms with Crippen molar-refractivity contribution in [3.8, 4) is 6.07 Å². The second-order valence-corrected chi connectivity index (χ2v) is 8.56. The van der Waals surface area contributed by atoms with Crippen LogP contribution in [0.4, 0.5) is 5.00 Å². The highest BCUT2D eigenvalue weighted by Crippen LogP contribution is 2.39. The second kappa shape index (κ2) is 8.15. The van der Waals surface area contributed by atoms with Crippen LogP contribution in [0.25, 0.3) is 0 Å². The Hall–Kier alpha value is -2.66. The number of anilines is 1. The molecule has 2 aromatic heterocycles. The van der Waals surface area contributed by atoms with Gasteiger partial charge in [0.15, 0.2) is 12.4 Å². The quantitative estimate of drug-likeness (QED) is 0.760. The number of carbonyl (C=O) groups excluding carboxylic acids is 2. The van der Waals surface area contributed by atoms with E-state index in [1.54, 1.807) is 6.92 Å². The van der Waals surface area contributed by atoms with Gasteiger partial charge in [-0.25, -0.2) is 4.79 Å². The van der Waals surface area contributed by atoms with Crippen LogP contribution in [0.15, 0.2) is 4.52 Å². The van der Waals surface area contributed by atoms with E-state index in [9.17, 15) is 14.9 Å². The van der Waals surface area contributed by atoms with E-state index in [1.807, 2.05) is 13.8 Å². The molecule has 0 aliphatic heterocycles. The largest absolute Gasteiger partial charge is 0.452 e. The first-order chi connectivity index (χ1) is 13.3. The Morgan fingerprint density at radius 2 is 2.21 bits per heavy atom. The lowest BCUT2D eigenvalue weighted by atomic mass is 9.89. The molecular formula is C20H23N3O4S. The molecular weight excluding hydrogens is 378 g/mol. The molecule has 1 amide bonds. The number of ether oxygens (including phenoxy) is 1. The molecule has 1 N–H and O–H groups in total. The number of nitrogens with zero attached hydrogens (tertiary/aromatic N) is 2. The molecule has 8 heteroatoms. The van der Waals surface area contributed by atoms with Gasteiger partial charge in [0.2, 0.25) is 0 Å². The standard InChI is InChI=1S/C20H23N3O4S/c1-10(2)18-17(12(4)23-27-18)20(25)26-9-16(24)22-19-14(8-21)13-6-5-11(3)7-15(13)28-19/h10-11H,5-7,9H2,1-4H3,(H,22,24)/t11-/m1/s1. The van der Waals surface area contributed by atoms with Crippen molar-refractivity contribution < 1.29 is 18.8 Å². The molecule has 1 atom stereocenters. The van der Waals surface area contributed by atoms with E-state index >= 15 is 0 Å². The summed E-state index contributed by atoms with van der Waals surface area (Å²) in [7, 11) is 0. The summed E-state index contributed by atoms with van der Waals surface area (Å²) in [5.74, 6) is -0.136. The van der Waals surface area contributed by atoms with Gasteiger partial charge in [0.05, 0.1) is 11.3 Å². The maximum absolute atomic E-state index is 12.4. The zero-order valence-corrected chi connectivity index (χ0v) is 17.2. The molecule has 2 aromatic rings. The normalized spacial score (nSPS) is 15.8. The second-order valence-electron chi connectivity index (χ2n) is 7.45. The topological polar surface area (TPSA) is 105 Å². The number of aromatic nitrogens is 1. The van der Waals surface area contributed by atoms with E-state index < -0.39 is 18.5 Å². The average Bonchev–Trinajstić information content (AvgIpc) is 3.19. The van der Waals surface area contributed by atoms with Crippen LogP contribution in [-0.4, -0.2) is 23.6 Å². The molecule has 0 fully saturated rings. The maximum atomic E-state index is 12.4. The predicted octanol–water partition coefficient (Wildman–Crippen LogP) is 3.96. The van der Waals surface area contributed by atoms with E-state index in [0.29, 0.717) is 27.9 Å². The Labute approximate surface area is 167 Å². The van der Waals surface area contributed by atoms with E-state index in [0.717, 1.165) is 29.7 Å². The van der Waals surface area contributed by atoms with Gasteiger partial charge < -0.3 is 14.6 Å². The van der Waals surface area contributed by atoms with Crippen LogP contribution in [0, 0.1) is 24.2 Å². The summed E-state index contributed by atoms with van der Waals surface area (Å²) in [6.07, 6.45) is 2.81. The third-order valence-corrected chi connectivity index (χ3v) is 6.00. The molecule has 148 valence electrons. The smallest absolute Gasteiger partial charge is 0.344 e. The number of nitriles is 1. The third-order valence-electron chi connectivity index (χ3n) is 4.83. The highest BCUT2D eigenvalue weighted by Gasteiger charge is 2.26. The number of aryl methyl sites for hydroxylation is 1. The van der Waals surface area contributed by atoms with Crippen LogP contribution in [0.5, 0.6) is 0 Å². The Bertz CT molecular complexity index is 952. The average molecular weight is 401 g/mol. The molecule has 0 unspecified atom stereocenters. The minimum absolute atomic E-state index is 0.0319. The molecule has 0 aromatic carbocycles. The predicted molar refractivity (Wildman–Crippen MR) is 104 cm³/mol. The van der Waals surface area contributed by atoms with Crippen LogP contribution < -0.4 is 5.32 Å². The van der Waals surface area contributed by atoms with Crippen LogP contribution >= 0.6 is 11.3 Å². The first-order valence-corrected chi connectivity index (χ1v) is 10.1. The number of nitrogens with one attached hydrogen (secondary N) is 1. The molecule has 3 rings (SSSR count). The van der Waals surface area contributed by atoms with Gasteiger partial charge in [0, 0.05) is 10.8 Å². The number of amides is 1. The molecule has 0 radical (unpaired) electrons. The van der Waals surface area contributed by atoms with Crippen molar-refractivity contribution in [2.45, 2.75) is 52.9 Å². The van der Waals surface area contributed by atoms with Crippen molar-refractivity contribution in [3.05, 3.63) is 33.0 Å². The van der Waals surface area contributed by atoms with Crippen molar-refractivity contribution >= 4 is 28.2 Å². The molecule has 2 heterocycles. The zero-order chi connectivity index (χ0) is 20.4. The van der Waals surface area contributed by atoms with Crippen LogP contribution in [-0.2, 0) is 22.4 Å². The fraction of sp³-hybridized carbons (Fsp3) is 0.500. The summed E-state index contributed by atoms with van der Waals surface area (Å²) < 4.78 is 10.3. The van der Waals surface area contributed by atoms with E-state index in [2.05, 4.69) is 23.5 Å². The van der Waals surface area contributed by atoms with Crippen molar-refractivity contribution in [3.63, 3.8) is 0 Å². The van der Waals surface area contributed by atoms with Crippen molar-refractivity contribution in [2.75, 3.05) is 11.9 Å². The number of rotatable bonds is 5. The van der Waals surface area contributed by atoms with E-state index in [4.69, 9.17) is 9.26 Å². The molecule has 1 aliphatic rings. The van der Waals surface area contributed by atoms with Gasteiger partial charge >= 0.3 is 5.97 Å². The van der Waals surface area contributed by atoms with Gasteiger partial charge in [-0.3, -0.25) is 4.79 Å². The monoisotopic (exact) mass is 401 g/mol. The first kappa shape index (κ1) is 20.1. The number of carbonyl (C=O) groups is 2. The minimum atomic E-state index is -0.641. The summed E-state index contributed by atoms with van der Waals surface area (Å²) in [6.45, 7) is 7.16.